The Hall–Kier alpha value is -0.640. The van der Waals surface area contributed by atoms with E-state index in [0.717, 1.165) is 25.8 Å². The zero-order valence-electron chi connectivity index (χ0n) is 8.86. The van der Waals surface area contributed by atoms with Gasteiger partial charge in [0.1, 0.15) is 0 Å². The van der Waals surface area contributed by atoms with Crippen molar-refractivity contribution in [2.75, 3.05) is 13.1 Å². The largest absolute Gasteiger partial charge is 0.314 e. The number of hydrogen-bond donors (Lipinski definition) is 2. The molecule has 0 aromatic heterocycles. The summed E-state index contributed by atoms with van der Waals surface area (Å²) in [6.07, 6.45) is 3.05. The highest BCUT2D eigenvalue weighted by atomic mass is 32.2. The molecule has 6 heteroatoms. The molecule has 0 aliphatic carbocycles. The summed E-state index contributed by atoms with van der Waals surface area (Å²) < 4.78 is 25.2. The Labute approximate surface area is 90.9 Å². The molecule has 1 heterocycles. The van der Waals surface area contributed by atoms with E-state index in [9.17, 15) is 8.42 Å². The van der Waals surface area contributed by atoms with E-state index in [1.54, 1.807) is 6.07 Å². The fraction of sp³-hybridized carbons (Fsp3) is 0.889. The Kier molecular flexibility index (Phi) is 4.51. The monoisotopic (exact) mass is 231 g/mol. The van der Waals surface area contributed by atoms with Crippen molar-refractivity contribution in [1.82, 2.24) is 10.0 Å². The zero-order chi connectivity index (χ0) is 11.3. The fourth-order valence-corrected chi connectivity index (χ4v) is 2.36. The van der Waals surface area contributed by atoms with Crippen molar-refractivity contribution < 1.29 is 8.42 Å². The second-order valence-corrected chi connectivity index (χ2v) is 5.88. The van der Waals surface area contributed by atoms with Gasteiger partial charge in [-0.25, -0.2) is 13.1 Å². The van der Waals surface area contributed by atoms with Crippen LogP contribution in [0.15, 0.2) is 0 Å². The maximum Gasteiger partial charge on any atom is 0.227 e. The predicted molar refractivity (Wildman–Crippen MR) is 57.6 cm³/mol. The summed E-state index contributed by atoms with van der Waals surface area (Å²) in [6, 6.07) is 2.14. The van der Waals surface area contributed by atoms with Gasteiger partial charge in [0.25, 0.3) is 0 Å². The molecule has 0 radical (unpaired) electrons. The lowest BCUT2D eigenvalue weighted by molar-refractivity contribution is 0.538. The first-order chi connectivity index (χ1) is 7.06. The fourth-order valence-electron chi connectivity index (χ4n) is 1.57. The summed E-state index contributed by atoms with van der Waals surface area (Å²) in [6.45, 7) is 2.81. The Morgan fingerprint density at radius 3 is 2.93 bits per heavy atom. The highest BCUT2D eigenvalue weighted by Crippen LogP contribution is 2.08. The molecule has 0 aromatic carbocycles. The number of nitriles is 1. The van der Waals surface area contributed by atoms with Crippen LogP contribution in [-0.2, 0) is 10.0 Å². The third-order valence-corrected chi connectivity index (χ3v) is 4.25. The molecule has 1 aliphatic rings. The molecule has 0 saturated carbocycles. The van der Waals surface area contributed by atoms with Crippen LogP contribution in [0.3, 0.4) is 0 Å². The van der Waals surface area contributed by atoms with E-state index in [1.165, 1.54) is 6.92 Å². The SMILES string of the molecule is CC(C#N)S(=O)(=O)NCC[C@H]1CCCN1. The molecule has 0 spiro atoms. The lowest BCUT2D eigenvalue weighted by atomic mass is 10.2. The molecule has 1 saturated heterocycles. The number of hydrogen-bond acceptors (Lipinski definition) is 4. The smallest absolute Gasteiger partial charge is 0.227 e. The average molecular weight is 231 g/mol. The quantitative estimate of drug-likeness (QED) is 0.695. The number of rotatable bonds is 5. The lowest BCUT2D eigenvalue weighted by Crippen LogP contribution is -2.35. The maximum atomic E-state index is 11.4. The van der Waals surface area contributed by atoms with Crippen molar-refractivity contribution >= 4 is 10.0 Å². The molecule has 86 valence electrons. The molecule has 1 fully saturated rings. The van der Waals surface area contributed by atoms with Gasteiger partial charge in [0.15, 0.2) is 5.25 Å². The Morgan fingerprint density at radius 1 is 1.67 bits per heavy atom. The minimum absolute atomic E-state index is 0.409. The molecule has 15 heavy (non-hydrogen) atoms. The summed E-state index contributed by atoms with van der Waals surface area (Å²) in [5.41, 5.74) is 0. The molecule has 5 nitrogen and oxygen atoms in total. The topological polar surface area (TPSA) is 82.0 Å². The summed E-state index contributed by atoms with van der Waals surface area (Å²) in [5.74, 6) is 0. The van der Waals surface area contributed by atoms with E-state index in [-0.39, 0.29) is 0 Å². The molecule has 0 aromatic rings. The zero-order valence-corrected chi connectivity index (χ0v) is 9.68. The first-order valence-electron chi connectivity index (χ1n) is 5.18. The minimum atomic E-state index is -3.44. The van der Waals surface area contributed by atoms with Crippen LogP contribution in [0.25, 0.3) is 0 Å². The summed E-state index contributed by atoms with van der Waals surface area (Å²) in [5, 5.41) is 10.8. The molecule has 2 atom stereocenters. The second-order valence-electron chi connectivity index (χ2n) is 3.79. The molecule has 0 bridgehead atoms. The molecular weight excluding hydrogens is 214 g/mol. The van der Waals surface area contributed by atoms with E-state index < -0.39 is 15.3 Å². The standard InChI is InChI=1S/C9H17N3O2S/c1-8(7-10)15(13,14)12-6-4-9-3-2-5-11-9/h8-9,11-12H,2-6H2,1H3/t8?,9-/m1/s1. The van der Waals surface area contributed by atoms with Crippen LogP contribution < -0.4 is 10.0 Å². The predicted octanol–water partition coefficient (Wildman–Crippen LogP) is -0.0400. The number of nitrogens with zero attached hydrogens (tertiary/aromatic N) is 1. The van der Waals surface area contributed by atoms with Gasteiger partial charge in [-0.05, 0) is 32.7 Å². The van der Waals surface area contributed by atoms with Crippen LogP contribution >= 0.6 is 0 Å². The van der Waals surface area contributed by atoms with Crippen LogP contribution in [-0.4, -0.2) is 32.8 Å². The highest BCUT2D eigenvalue weighted by molar-refractivity contribution is 7.90. The van der Waals surface area contributed by atoms with Gasteiger partial charge in [0.2, 0.25) is 10.0 Å². The van der Waals surface area contributed by atoms with Crippen LogP contribution in [0.1, 0.15) is 26.2 Å². The molecule has 1 aliphatic heterocycles. The summed E-state index contributed by atoms with van der Waals surface area (Å²) in [4.78, 5) is 0. The molecule has 1 rings (SSSR count). The Morgan fingerprint density at radius 2 is 2.40 bits per heavy atom. The van der Waals surface area contributed by atoms with Gasteiger partial charge in [-0.15, -0.1) is 0 Å². The van der Waals surface area contributed by atoms with Gasteiger partial charge in [-0.1, -0.05) is 0 Å². The normalized spacial score (nSPS) is 23.6. The van der Waals surface area contributed by atoms with Crippen LogP contribution in [0.4, 0.5) is 0 Å². The average Bonchev–Trinajstić information content (AvgIpc) is 2.69. The molecular formula is C9H17N3O2S. The van der Waals surface area contributed by atoms with Crippen molar-refractivity contribution in [3.63, 3.8) is 0 Å². The van der Waals surface area contributed by atoms with Crippen molar-refractivity contribution in [3.05, 3.63) is 0 Å². The van der Waals surface area contributed by atoms with E-state index in [1.807, 2.05) is 0 Å². The third-order valence-electron chi connectivity index (χ3n) is 2.61. The van der Waals surface area contributed by atoms with Gasteiger partial charge < -0.3 is 5.32 Å². The van der Waals surface area contributed by atoms with Crippen molar-refractivity contribution in [1.29, 1.82) is 5.26 Å². The van der Waals surface area contributed by atoms with Crippen molar-refractivity contribution in [2.45, 2.75) is 37.5 Å². The first kappa shape index (κ1) is 12.4. The van der Waals surface area contributed by atoms with Gasteiger partial charge in [0, 0.05) is 12.6 Å². The molecule has 1 unspecified atom stereocenters. The lowest BCUT2D eigenvalue weighted by Gasteiger charge is -2.11. The number of nitrogens with one attached hydrogen (secondary N) is 2. The first-order valence-corrected chi connectivity index (χ1v) is 6.72. The highest BCUT2D eigenvalue weighted by Gasteiger charge is 2.20. The van der Waals surface area contributed by atoms with Gasteiger partial charge in [-0.2, -0.15) is 5.26 Å². The molecule has 0 amide bonds. The summed E-state index contributed by atoms with van der Waals surface area (Å²) >= 11 is 0. The van der Waals surface area contributed by atoms with E-state index in [4.69, 9.17) is 5.26 Å². The second kappa shape index (κ2) is 5.45. The molecule has 2 N–H and O–H groups in total. The van der Waals surface area contributed by atoms with Gasteiger partial charge in [-0.3, -0.25) is 0 Å². The Balaban J connectivity index is 2.27. The van der Waals surface area contributed by atoms with E-state index in [2.05, 4.69) is 10.0 Å². The third kappa shape index (κ3) is 3.78. The van der Waals surface area contributed by atoms with Gasteiger partial charge >= 0.3 is 0 Å². The van der Waals surface area contributed by atoms with Crippen molar-refractivity contribution in [2.24, 2.45) is 0 Å². The van der Waals surface area contributed by atoms with Crippen LogP contribution in [0, 0.1) is 11.3 Å². The maximum absolute atomic E-state index is 11.4. The van der Waals surface area contributed by atoms with Crippen LogP contribution in [0.2, 0.25) is 0 Å². The van der Waals surface area contributed by atoms with Crippen molar-refractivity contribution in [3.8, 4) is 6.07 Å². The van der Waals surface area contributed by atoms with Gasteiger partial charge in [0.05, 0.1) is 6.07 Å². The minimum Gasteiger partial charge on any atom is -0.314 e. The van der Waals surface area contributed by atoms with E-state index in [0.29, 0.717) is 12.6 Å². The number of sulfonamides is 1. The summed E-state index contributed by atoms with van der Waals surface area (Å²) in [7, 11) is -3.44. The van der Waals surface area contributed by atoms with Crippen LogP contribution in [0.5, 0.6) is 0 Å². The van der Waals surface area contributed by atoms with E-state index >= 15 is 0 Å². The Bertz CT molecular complexity index is 328.